The van der Waals surface area contributed by atoms with Crippen molar-refractivity contribution >= 4 is 65.6 Å². The molecule has 0 amide bonds. The average Bonchev–Trinajstić information content (AvgIpc) is 3.70. The number of aromatic nitrogens is 4. The summed E-state index contributed by atoms with van der Waals surface area (Å²) >= 11 is 1.30. The molecule has 1 aliphatic heterocycles. The molecule has 1 fully saturated rings. The first kappa shape index (κ1) is 30.2. The molecule has 0 bridgehead atoms. The zero-order valence-corrected chi connectivity index (χ0v) is 27.7. The van der Waals surface area contributed by atoms with E-state index in [4.69, 9.17) is 14.7 Å². The first-order valence-electron chi connectivity index (χ1n) is 15.3. The highest BCUT2D eigenvalue weighted by Crippen LogP contribution is 2.34. The molecule has 2 aromatic carbocycles. The van der Waals surface area contributed by atoms with Crippen molar-refractivity contribution < 1.29 is 13.2 Å². The van der Waals surface area contributed by atoms with Gasteiger partial charge in [-0.1, -0.05) is 17.7 Å². The number of aryl methyl sites for hydroxylation is 1. The van der Waals surface area contributed by atoms with Crippen LogP contribution in [0.2, 0.25) is 0 Å². The fraction of sp³-hybridized carbons (Fsp3) is 0.303. The summed E-state index contributed by atoms with van der Waals surface area (Å²) in [4.78, 5) is 28.4. The summed E-state index contributed by atoms with van der Waals surface area (Å²) in [5.41, 5.74) is 3.29. The van der Waals surface area contributed by atoms with E-state index in [0.29, 0.717) is 45.3 Å². The zero-order valence-electron chi connectivity index (χ0n) is 26.1. The Kier molecular flexibility index (Phi) is 7.70. The van der Waals surface area contributed by atoms with E-state index in [1.54, 1.807) is 36.4 Å². The fourth-order valence-corrected chi connectivity index (χ4v) is 7.99. The van der Waals surface area contributed by atoms with Gasteiger partial charge >= 0.3 is 0 Å². The molecule has 6 aromatic rings. The number of fused-ring (bicyclic) bond motifs is 4. The van der Waals surface area contributed by atoms with Crippen LogP contribution in [0.4, 0.5) is 17.3 Å². The topological polar surface area (TPSA) is 114 Å². The molecule has 11 nitrogen and oxygen atoms in total. The number of hydrogen-bond acceptors (Lipinski definition) is 10. The maximum Gasteiger partial charge on any atom is 0.278 e. The van der Waals surface area contributed by atoms with Gasteiger partial charge in [-0.25, -0.2) is 21.8 Å². The third-order valence-corrected chi connectivity index (χ3v) is 11.0. The number of thiophene rings is 1. The van der Waals surface area contributed by atoms with Crippen molar-refractivity contribution in [2.24, 2.45) is 0 Å². The number of rotatable bonds is 8. The van der Waals surface area contributed by atoms with Crippen molar-refractivity contribution in [1.29, 1.82) is 0 Å². The summed E-state index contributed by atoms with van der Waals surface area (Å²) in [5, 5.41) is 5.57. The number of piperazine rings is 1. The molecule has 0 spiro atoms. The monoisotopic (exact) mass is 657 g/mol. The third kappa shape index (κ3) is 5.17. The van der Waals surface area contributed by atoms with Gasteiger partial charge in [0, 0.05) is 50.2 Å². The summed E-state index contributed by atoms with van der Waals surface area (Å²) in [6, 6.07) is 16.5. The molecule has 13 heteroatoms. The molecular formula is C33H35N7O4S2. The molecule has 1 saturated heterocycles. The van der Waals surface area contributed by atoms with E-state index in [2.05, 4.69) is 29.0 Å². The second kappa shape index (κ2) is 11.7. The first-order valence-corrected chi connectivity index (χ1v) is 17.6. The molecule has 46 heavy (non-hydrogen) atoms. The Morgan fingerprint density at radius 3 is 2.46 bits per heavy atom. The van der Waals surface area contributed by atoms with Gasteiger partial charge in [0.05, 0.1) is 28.1 Å². The minimum atomic E-state index is -4.00. The predicted octanol–water partition coefficient (Wildman–Crippen LogP) is 5.48. The molecular weight excluding hydrogens is 623 g/mol. The highest BCUT2D eigenvalue weighted by atomic mass is 32.2. The van der Waals surface area contributed by atoms with Gasteiger partial charge in [0.15, 0.2) is 11.3 Å². The van der Waals surface area contributed by atoms with Crippen molar-refractivity contribution in [3.8, 4) is 5.75 Å². The van der Waals surface area contributed by atoms with Crippen LogP contribution in [0, 0.1) is 6.92 Å². The zero-order chi connectivity index (χ0) is 32.2. The summed E-state index contributed by atoms with van der Waals surface area (Å²) < 4.78 is 36.8. The number of benzene rings is 2. The smallest absolute Gasteiger partial charge is 0.278 e. The average molecular weight is 658 g/mol. The number of anilines is 3. The molecule has 0 atom stereocenters. The molecule has 1 N–H and O–H groups in total. The van der Waals surface area contributed by atoms with Crippen LogP contribution in [0.5, 0.6) is 5.75 Å². The lowest BCUT2D eigenvalue weighted by molar-refractivity contribution is 0.209. The summed E-state index contributed by atoms with van der Waals surface area (Å²) in [6.07, 6.45) is 1.46. The van der Waals surface area contributed by atoms with Crippen LogP contribution in [0.3, 0.4) is 0 Å². The largest absolute Gasteiger partial charge is 0.492 e. The van der Waals surface area contributed by atoms with Crippen LogP contribution in [-0.4, -0.2) is 70.5 Å². The lowest BCUT2D eigenvalue weighted by Gasteiger charge is -2.38. The van der Waals surface area contributed by atoms with E-state index in [9.17, 15) is 13.2 Å². The fourth-order valence-electron chi connectivity index (χ4n) is 5.93. The lowest BCUT2D eigenvalue weighted by atomic mass is 10.2. The molecule has 7 rings (SSSR count). The minimum absolute atomic E-state index is 0.133. The second-order valence-electron chi connectivity index (χ2n) is 11.7. The Hall–Kier alpha value is -4.46. The Balaban J connectivity index is 1.37. The van der Waals surface area contributed by atoms with Gasteiger partial charge in [-0.05, 0) is 69.5 Å². The first-order chi connectivity index (χ1) is 22.2. The molecule has 238 valence electrons. The van der Waals surface area contributed by atoms with E-state index in [-0.39, 0.29) is 22.1 Å². The van der Waals surface area contributed by atoms with Crippen molar-refractivity contribution in [3.63, 3.8) is 0 Å². The van der Waals surface area contributed by atoms with E-state index < -0.39 is 10.0 Å². The number of nitrogens with zero attached hydrogens (tertiary/aromatic N) is 6. The van der Waals surface area contributed by atoms with Crippen LogP contribution in [-0.2, 0) is 10.0 Å². The van der Waals surface area contributed by atoms with Gasteiger partial charge < -0.3 is 15.0 Å². The molecule has 5 heterocycles. The van der Waals surface area contributed by atoms with Crippen LogP contribution < -0.4 is 20.5 Å². The maximum absolute atomic E-state index is 13.9. The van der Waals surface area contributed by atoms with Crippen molar-refractivity contribution in [2.45, 2.75) is 38.6 Å². The van der Waals surface area contributed by atoms with E-state index in [0.717, 1.165) is 41.4 Å². The van der Waals surface area contributed by atoms with Crippen molar-refractivity contribution in [1.82, 2.24) is 23.2 Å². The highest BCUT2D eigenvalue weighted by Gasteiger charge is 2.25. The minimum Gasteiger partial charge on any atom is -0.492 e. The second-order valence-corrected chi connectivity index (χ2v) is 14.4. The van der Waals surface area contributed by atoms with E-state index in [1.165, 1.54) is 21.9 Å². The molecule has 4 aromatic heterocycles. The van der Waals surface area contributed by atoms with Gasteiger partial charge in [-0.3, -0.25) is 9.69 Å². The van der Waals surface area contributed by atoms with E-state index in [1.807, 2.05) is 37.4 Å². The number of ether oxygens (including phenoxy) is 1. The molecule has 1 aliphatic rings. The predicted molar refractivity (Wildman–Crippen MR) is 184 cm³/mol. The molecule has 0 saturated carbocycles. The Morgan fingerprint density at radius 2 is 1.74 bits per heavy atom. The SMILES string of the molecule is CCOc1cc(N2CCN(C(C)C)CC2)ccc1Nc1nc2c(ccn2S(=O)(=O)c2ccc(C)cc2)c2nc3ccsc3c(=O)n12. The number of nitrogens with one attached hydrogen (secondary N) is 1. The Morgan fingerprint density at radius 1 is 0.978 bits per heavy atom. The maximum atomic E-state index is 13.9. The quantitative estimate of drug-likeness (QED) is 0.227. The summed E-state index contributed by atoms with van der Waals surface area (Å²) in [6.45, 7) is 12.5. The van der Waals surface area contributed by atoms with Crippen LogP contribution in [0.15, 0.2) is 75.9 Å². The number of hydrogen-bond donors (Lipinski definition) is 1. The highest BCUT2D eigenvalue weighted by molar-refractivity contribution is 7.90. The van der Waals surface area contributed by atoms with Crippen LogP contribution in [0.1, 0.15) is 26.3 Å². The van der Waals surface area contributed by atoms with Gasteiger partial charge in [-0.2, -0.15) is 4.98 Å². The van der Waals surface area contributed by atoms with Crippen LogP contribution in [0.25, 0.3) is 26.9 Å². The van der Waals surface area contributed by atoms with Crippen molar-refractivity contribution in [2.75, 3.05) is 43.0 Å². The van der Waals surface area contributed by atoms with Crippen LogP contribution >= 0.6 is 11.3 Å². The standard InChI is InChI=1S/C33H35N7O4S2/c1-5-44-28-20-23(38-17-15-37(16-18-38)21(2)3)8-11-26(28)35-33-36-30-25(31-34-27-13-19-45-29(27)32(41)40(31)33)12-14-39(30)46(42,43)24-9-6-22(4)7-10-24/h6-14,19-21H,5,15-18H2,1-4H3,(H,35,36). The van der Waals surface area contributed by atoms with Gasteiger partial charge in [0.25, 0.3) is 15.6 Å². The lowest BCUT2D eigenvalue weighted by Crippen LogP contribution is -2.48. The summed E-state index contributed by atoms with van der Waals surface area (Å²) in [5.74, 6) is 0.732. The summed E-state index contributed by atoms with van der Waals surface area (Å²) in [7, 11) is -4.00. The third-order valence-electron chi connectivity index (χ3n) is 8.47. The van der Waals surface area contributed by atoms with Crippen molar-refractivity contribution in [3.05, 3.63) is 82.1 Å². The van der Waals surface area contributed by atoms with Gasteiger partial charge in [-0.15, -0.1) is 11.3 Å². The van der Waals surface area contributed by atoms with Gasteiger partial charge in [0.2, 0.25) is 5.95 Å². The molecule has 0 aliphatic carbocycles. The van der Waals surface area contributed by atoms with E-state index >= 15 is 0 Å². The normalized spacial score (nSPS) is 14.6. The van der Waals surface area contributed by atoms with Gasteiger partial charge in [0.1, 0.15) is 10.4 Å². The Bertz CT molecular complexity index is 2250. The molecule has 0 unspecified atom stereocenters. The Labute approximate surface area is 270 Å². The molecule has 0 radical (unpaired) electrons.